The molecule has 1 unspecified atom stereocenters. The van der Waals surface area contributed by atoms with Gasteiger partial charge < -0.3 is 9.84 Å². The number of ketones is 1. The molecule has 1 saturated heterocycles. The molecule has 8 atom stereocenters. The molecule has 0 radical (unpaired) electrons. The van der Waals surface area contributed by atoms with Crippen molar-refractivity contribution in [3.63, 3.8) is 0 Å². The Morgan fingerprint density at radius 1 is 1.25 bits per heavy atom. The van der Waals surface area contributed by atoms with Crippen molar-refractivity contribution in [1.82, 2.24) is 0 Å². The van der Waals surface area contributed by atoms with E-state index in [0.29, 0.717) is 23.9 Å². The molecular weight excluding hydrogens is 300 g/mol. The van der Waals surface area contributed by atoms with E-state index >= 15 is 0 Å². The first-order chi connectivity index (χ1) is 11.3. The number of carbonyl (C=O) groups is 1. The summed E-state index contributed by atoms with van der Waals surface area (Å²) in [7, 11) is 0. The van der Waals surface area contributed by atoms with Gasteiger partial charge in [0.15, 0.2) is 5.78 Å². The Morgan fingerprint density at radius 3 is 2.79 bits per heavy atom. The van der Waals surface area contributed by atoms with Crippen LogP contribution in [0.2, 0.25) is 0 Å². The fourth-order valence-electron chi connectivity index (χ4n) is 7.77. The monoisotopic (exact) mass is 330 g/mol. The molecule has 0 bridgehead atoms. The van der Waals surface area contributed by atoms with E-state index < -0.39 is 0 Å². The molecule has 1 spiro atoms. The zero-order chi connectivity index (χ0) is 16.9. The second-order valence-corrected chi connectivity index (χ2v) is 9.79. The van der Waals surface area contributed by atoms with E-state index in [9.17, 15) is 9.90 Å². The Balaban J connectivity index is 1.50. The molecule has 3 saturated carbocycles. The molecule has 5 aliphatic rings. The first-order valence-electron chi connectivity index (χ1n) is 9.89. The van der Waals surface area contributed by atoms with Crippen LogP contribution in [0.15, 0.2) is 11.6 Å². The number of carbonyl (C=O) groups excluding carboxylic acids is 1. The van der Waals surface area contributed by atoms with Crippen molar-refractivity contribution in [1.29, 1.82) is 0 Å². The number of ether oxygens (including phenoxy) is 1. The van der Waals surface area contributed by atoms with E-state index in [-0.39, 0.29) is 28.3 Å². The van der Waals surface area contributed by atoms with Crippen molar-refractivity contribution in [3.8, 4) is 0 Å². The summed E-state index contributed by atoms with van der Waals surface area (Å²) < 4.78 is 6.35. The van der Waals surface area contributed by atoms with Gasteiger partial charge in [0.25, 0.3) is 0 Å². The quantitative estimate of drug-likeness (QED) is 0.747. The average Bonchev–Trinajstić information content (AvgIpc) is 3.08. The van der Waals surface area contributed by atoms with Crippen molar-refractivity contribution in [2.45, 2.75) is 83.5 Å². The molecule has 24 heavy (non-hydrogen) atoms. The van der Waals surface area contributed by atoms with Crippen molar-refractivity contribution in [2.24, 2.45) is 28.6 Å². The number of aliphatic hydroxyl groups is 1. The van der Waals surface area contributed by atoms with Crippen LogP contribution in [-0.4, -0.2) is 28.7 Å². The number of allylic oxidation sites excluding steroid dienone is 2. The van der Waals surface area contributed by atoms with Crippen molar-refractivity contribution < 1.29 is 14.6 Å². The standard InChI is InChI=1S/C21H30O3/c1-12(22)15-4-5-16-14-10-18-21(24-18)11-13(23)6-9-20(21,3)17(14)7-8-19(15,16)2/h4,13-14,16-18,23H,5-11H2,1-3H3/t13-,14-,16-,17-,18?,19+,20+,21-/m0/s1. The Labute approximate surface area is 144 Å². The summed E-state index contributed by atoms with van der Waals surface area (Å²) in [4.78, 5) is 12.1. The number of hydrogen-bond acceptors (Lipinski definition) is 3. The fraction of sp³-hybridized carbons (Fsp3) is 0.857. The number of fused-ring (bicyclic) bond motifs is 4. The summed E-state index contributed by atoms with van der Waals surface area (Å²) in [5, 5.41) is 10.2. The minimum Gasteiger partial charge on any atom is -0.393 e. The molecule has 0 amide bonds. The second-order valence-electron chi connectivity index (χ2n) is 9.79. The first kappa shape index (κ1) is 15.6. The van der Waals surface area contributed by atoms with Crippen LogP contribution in [0, 0.1) is 28.6 Å². The number of rotatable bonds is 1. The molecule has 0 aromatic heterocycles. The Morgan fingerprint density at radius 2 is 2.04 bits per heavy atom. The summed E-state index contributed by atoms with van der Waals surface area (Å²) in [6.07, 6.45) is 9.87. The fourth-order valence-corrected chi connectivity index (χ4v) is 7.77. The minimum atomic E-state index is -0.175. The van der Waals surface area contributed by atoms with Gasteiger partial charge in [-0.25, -0.2) is 0 Å². The Bertz CT molecular complexity index is 639. The molecule has 1 aliphatic heterocycles. The average molecular weight is 330 g/mol. The molecular formula is C21H30O3. The van der Waals surface area contributed by atoms with Crippen LogP contribution in [0.5, 0.6) is 0 Å². The molecule has 4 aliphatic carbocycles. The lowest BCUT2D eigenvalue weighted by Gasteiger charge is -2.58. The van der Waals surface area contributed by atoms with Gasteiger partial charge in [0, 0.05) is 11.8 Å². The minimum absolute atomic E-state index is 0.0327. The van der Waals surface area contributed by atoms with Gasteiger partial charge in [0.05, 0.1) is 12.2 Å². The van der Waals surface area contributed by atoms with Crippen molar-refractivity contribution >= 4 is 5.78 Å². The number of aliphatic hydroxyl groups excluding tert-OH is 1. The van der Waals surface area contributed by atoms with Gasteiger partial charge in [-0.05, 0) is 74.2 Å². The maximum Gasteiger partial charge on any atom is 0.156 e. The molecule has 4 fully saturated rings. The smallest absolute Gasteiger partial charge is 0.156 e. The predicted molar refractivity (Wildman–Crippen MR) is 91.4 cm³/mol. The van der Waals surface area contributed by atoms with E-state index in [1.807, 2.05) is 0 Å². The van der Waals surface area contributed by atoms with Crippen LogP contribution in [-0.2, 0) is 9.53 Å². The van der Waals surface area contributed by atoms with Gasteiger partial charge in [-0.3, -0.25) is 4.79 Å². The highest BCUT2D eigenvalue weighted by atomic mass is 16.6. The van der Waals surface area contributed by atoms with Crippen LogP contribution in [0.25, 0.3) is 0 Å². The van der Waals surface area contributed by atoms with Gasteiger partial charge in [-0.2, -0.15) is 0 Å². The number of hydrogen-bond donors (Lipinski definition) is 1. The highest BCUT2D eigenvalue weighted by molar-refractivity contribution is 5.95. The highest BCUT2D eigenvalue weighted by Crippen LogP contribution is 2.73. The third-order valence-electron chi connectivity index (χ3n) is 9.02. The van der Waals surface area contributed by atoms with Gasteiger partial charge in [0.1, 0.15) is 5.60 Å². The predicted octanol–water partition coefficient (Wildman–Crippen LogP) is 3.65. The third kappa shape index (κ3) is 1.64. The largest absolute Gasteiger partial charge is 0.393 e. The molecule has 3 heteroatoms. The topological polar surface area (TPSA) is 49.8 Å². The first-order valence-corrected chi connectivity index (χ1v) is 9.89. The molecule has 0 aromatic rings. The summed E-state index contributed by atoms with van der Waals surface area (Å²) in [6, 6.07) is 0. The van der Waals surface area contributed by atoms with Crippen LogP contribution in [0.3, 0.4) is 0 Å². The van der Waals surface area contributed by atoms with Crippen LogP contribution < -0.4 is 0 Å². The lowest BCUT2D eigenvalue weighted by atomic mass is 9.44. The summed E-state index contributed by atoms with van der Waals surface area (Å²) in [5.41, 5.74) is 1.38. The van der Waals surface area contributed by atoms with Gasteiger partial charge in [-0.1, -0.05) is 19.9 Å². The van der Waals surface area contributed by atoms with Crippen LogP contribution in [0.4, 0.5) is 0 Å². The normalized spacial score (nSPS) is 58.0. The second kappa shape index (κ2) is 4.54. The van der Waals surface area contributed by atoms with Crippen LogP contribution >= 0.6 is 0 Å². The number of epoxide rings is 1. The van der Waals surface area contributed by atoms with Gasteiger partial charge >= 0.3 is 0 Å². The molecule has 1 heterocycles. The van der Waals surface area contributed by atoms with E-state index in [0.717, 1.165) is 44.1 Å². The van der Waals surface area contributed by atoms with E-state index in [4.69, 9.17) is 4.74 Å². The van der Waals surface area contributed by atoms with E-state index in [2.05, 4.69) is 19.9 Å². The molecule has 5 rings (SSSR count). The molecule has 0 aromatic carbocycles. The van der Waals surface area contributed by atoms with Crippen LogP contribution in [0.1, 0.15) is 65.7 Å². The number of Topliss-reactive ketones (excluding diaryl/α,β-unsaturated/α-hetero) is 1. The zero-order valence-corrected chi connectivity index (χ0v) is 15.2. The van der Waals surface area contributed by atoms with Gasteiger partial charge in [0.2, 0.25) is 0 Å². The van der Waals surface area contributed by atoms with Crippen molar-refractivity contribution in [2.75, 3.05) is 0 Å². The SMILES string of the molecule is CC(=O)C1=CC[C@H]2[C@@H]3CC4O[C@@]45C[C@@H](O)CC[C@]5(C)[C@H]3CC[C@]12C. The van der Waals surface area contributed by atoms with E-state index in [1.165, 1.54) is 6.42 Å². The maximum absolute atomic E-state index is 12.1. The molecule has 3 nitrogen and oxygen atoms in total. The lowest BCUT2D eigenvalue weighted by molar-refractivity contribution is -0.119. The summed E-state index contributed by atoms with van der Waals surface area (Å²) >= 11 is 0. The Kier molecular flexibility index (Phi) is 2.94. The highest BCUT2D eigenvalue weighted by Gasteiger charge is 2.75. The Hall–Kier alpha value is -0.670. The molecule has 1 N–H and O–H groups in total. The zero-order valence-electron chi connectivity index (χ0n) is 15.2. The van der Waals surface area contributed by atoms with E-state index in [1.54, 1.807) is 6.92 Å². The van der Waals surface area contributed by atoms with Crippen molar-refractivity contribution in [3.05, 3.63) is 11.6 Å². The summed E-state index contributed by atoms with van der Waals surface area (Å²) in [5.74, 6) is 2.26. The summed E-state index contributed by atoms with van der Waals surface area (Å²) in [6.45, 7) is 6.54. The van der Waals surface area contributed by atoms with Gasteiger partial charge in [-0.15, -0.1) is 0 Å². The lowest BCUT2D eigenvalue weighted by Crippen LogP contribution is -2.58. The maximum atomic E-state index is 12.1. The molecule has 132 valence electrons. The third-order valence-corrected chi connectivity index (χ3v) is 9.02.